The fraction of sp³-hybridized carbons (Fsp3) is 0.261. The molecule has 0 unspecified atom stereocenters. The van der Waals surface area contributed by atoms with Crippen LogP contribution in [0.15, 0.2) is 45.6 Å². The third-order valence-corrected chi connectivity index (χ3v) is 6.04. The zero-order valence-corrected chi connectivity index (χ0v) is 19.0. The Morgan fingerprint density at radius 3 is 2.55 bits per heavy atom. The van der Waals surface area contributed by atoms with Gasteiger partial charge in [0, 0.05) is 5.22 Å². The van der Waals surface area contributed by atoms with Gasteiger partial charge in [0.1, 0.15) is 21.7 Å². The van der Waals surface area contributed by atoms with Crippen molar-refractivity contribution in [3.05, 3.63) is 64.6 Å². The molecule has 4 heterocycles. The summed E-state index contributed by atoms with van der Waals surface area (Å²) in [5.74, 6) is -1.19. The first-order chi connectivity index (χ1) is 15.8. The summed E-state index contributed by atoms with van der Waals surface area (Å²) in [6, 6.07) is 6.63. The van der Waals surface area contributed by atoms with Crippen molar-refractivity contribution in [3.8, 4) is 0 Å². The van der Waals surface area contributed by atoms with E-state index in [2.05, 4.69) is 0 Å². The van der Waals surface area contributed by atoms with E-state index < -0.39 is 29.2 Å². The number of hydrogen-bond donors (Lipinski definition) is 1. The Bertz CT molecular complexity index is 1320. The summed E-state index contributed by atoms with van der Waals surface area (Å²) in [4.78, 5) is 39.7. The van der Waals surface area contributed by atoms with Crippen molar-refractivity contribution in [2.75, 3.05) is 12.3 Å². The second kappa shape index (κ2) is 9.07. The molecule has 33 heavy (non-hydrogen) atoms. The third kappa shape index (κ3) is 4.09. The molecular weight excluding hydrogens is 448 g/mol. The second-order valence-electron chi connectivity index (χ2n) is 7.37. The number of furan rings is 2. The number of hydrogen-bond acceptors (Lipinski definition) is 9. The summed E-state index contributed by atoms with van der Waals surface area (Å²) >= 11 is 0.984. The number of aromatic nitrogens is 1. The number of esters is 2. The fourth-order valence-electron chi connectivity index (χ4n) is 3.49. The van der Waals surface area contributed by atoms with Gasteiger partial charge < -0.3 is 24.0 Å². The Morgan fingerprint density at radius 2 is 1.94 bits per heavy atom. The summed E-state index contributed by atoms with van der Waals surface area (Å²) in [7, 11) is 0. The molecule has 0 aromatic carbocycles. The number of nitrogens with two attached hydrogens (primary N) is 1. The highest BCUT2D eigenvalue weighted by atomic mass is 32.2. The lowest BCUT2D eigenvalue weighted by Crippen LogP contribution is -2.43. The van der Waals surface area contributed by atoms with Crippen molar-refractivity contribution in [2.24, 2.45) is 0 Å². The number of ether oxygens (including phenoxy) is 2. The first-order valence-electron chi connectivity index (χ1n) is 10.3. The zero-order valence-electron chi connectivity index (χ0n) is 18.2. The number of rotatable bonds is 6. The number of carbonyl (C=O) groups excluding carboxylic acids is 3. The van der Waals surface area contributed by atoms with E-state index in [1.807, 2.05) is 0 Å². The zero-order chi connectivity index (χ0) is 23.7. The van der Waals surface area contributed by atoms with Crippen molar-refractivity contribution in [1.29, 1.82) is 0 Å². The van der Waals surface area contributed by atoms with E-state index in [-0.39, 0.29) is 33.5 Å². The van der Waals surface area contributed by atoms with Crippen LogP contribution in [0.3, 0.4) is 0 Å². The largest absolute Gasteiger partial charge is 0.468 e. The van der Waals surface area contributed by atoms with Crippen molar-refractivity contribution < 1.29 is 32.7 Å². The Labute approximate surface area is 192 Å². The summed E-state index contributed by atoms with van der Waals surface area (Å²) in [5, 5.41) is -0.503. The first-order valence-corrected chi connectivity index (χ1v) is 11.1. The molecule has 0 radical (unpaired) electrons. The molecular formula is C23H22N2O7S. The maximum Gasteiger partial charge on any atom is 0.357 e. The lowest BCUT2D eigenvalue weighted by molar-refractivity contribution is -0.139. The van der Waals surface area contributed by atoms with E-state index >= 15 is 0 Å². The molecule has 3 aromatic heterocycles. The summed E-state index contributed by atoms with van der Waals surface area (Å²) in [6.07, 6.45) is 4.06. The predicted octanol–water partition coefficient (Wildman–Crippen LogP) is 2.45. The number of nitrogens with zero attached hydrogens (tertiary/aromatic N) is 1. The van der Waals surface area contributed by atoms with Crippen molar-refractivity contribution in [3.63, 3.8) is 0 Å². The first kappa shape index (κ1) is 22.5. The molecule has 0 fully saturated rings. The number of carbonyl (C=O) groups is 3. The Morgan fingerprint density at radius 1 is 1.21 bits per heavy atom. The SMILES string of the molecule is CCOC(=O)c1c(N)/c(=C\c2ccco2)c2n1C(=O)[C@H](c1ccco1)SC=2C(=O)OC(C)C. The fourth-order valence-corrected chi connectivity index (χ4v) is 4.64. The molecule has 3 aromatic rings. The van der Waals surface area contributed by atoms with Crippen molar-refractivity contribution >= 4 is 46.3 Å². The Kier molecular flexibility index (Phi) is 6.19. The van der Waals surface area contributed by atoms with E-state index in [1.54, 1.807) is 51.1 Å². The molecule has 0 bridgehead atoms. The smallest absolute Gasteiger partial charge is 0.357 e. The van der Waals surface area contributed by atoms with Gasteiger partial charge in [0.05, 0.1) is 36.3 Å². The van der Waals surface area contributed by atoms with Crippen LogP contribution in [0.4, 0.5) is 5.69 Å². The lowest BCUT2D eigenvalue weighted by Gasteiger charge is -2.22. The standard InChI is InChI=1S/C23H22N2O7S/c1-4-29-22(27)18-16(24)14(11-13-7-5-9-30-13)17-20(23(28)32-12(2)3)33-19(21(26)25(17)18)15-8-6-10-31-15/h5-12,19H,4,24H2,1-3H3/b14-11+/t19-/m0/s1. The van der Waals surface area contributed by atoms with Gasteiger partial charge in [0.2, 0.25) is 0 Å². The maximum atomic E-state index is 13.6. The monoisotopic (exact) mass is 470 g/mol. The Balaban J connectivity index is 2.10. The normalized spacial score (nSPS) is 16.2. The van der Waals surface area contributed by atoms with Crippen LogP contribution in [0.2, 0.25) is 0 Å². The van der Waals surface area contributed by atoms with Crippen LogP contribution in [0.1, 0.15) is 52.8 Å². The molecule has 0 aliphatic carbocycles. The average molecular weight is 471 g/mol. The lowest BCUT2D eigenvalue weighted by atomic mass is 10.2. The van der Waals surface area contributed by atoms with Gasteiger partial charge >= 0.3 is 11.9 Å². The molecule has 9 nitrogen and oxygen atoms in total. The highest BCUT2D eigenvalue weighted by molar-refractivity contribution is 8.10. The van der Waals surface area contributed by atoms with Gasteiger partial charge in [-0.3, -0.25) is 9.36 Å². The molecule has 1 aliphatic rings. The van der Waals surface area contributed by atoms with Crippen LogP contribution >= 0.6 is 11.8 Å². The minimum absolute atomic E-state index is 0.0104. The van der Waals surface area contributed by atoms with E-state index in [1.165, 1.54) is 12.5 Å². The average Bonchev–Trinajstić information content (AvgIpc) is 3.51. The van der Waals surface area contributed by atoms with Crippen LogP contribution < -0.4 is 16.3 Å². The van der Waals surface area contributed by atoms with Gasteiger partial charge in [-0.15, -0.1) is 0 Å². The van der Waals surface area contributed by atoms with Crippen molar-refractivity contribution in [1.82, 2.24) is 4.57 Å². The van der Waals surface area contributed by atoms with Crippen LogP contribution in [0.5, 0.6) is 0 Å². The van der Waals surface area contributed by atoms with Crippen molar-refractivity contribution in [2.45, 2.75) is 32.1 Å². The van der Waals surface area contributed by atoms with E-state index in [0.29, 0.717) is 11.5 Å². The van der Waals surface area contributed by atoms with E-state index in [9.17, 15) is 14.4 Å². The van der Waals surface area contributed by atoms with Crippen LogP contribution in [-0.2, 0) is 14.3 Å². The van der Waals surface area contributed by atoms with Crippen LogP contribution in [-0.4, -0.2) is 35.1 Å². The highest BCUT2D eigenvalue weighted by Gasteiger charge is 2.39. The molecule has 1 atom stereocenters. The van der Waals surface area contributed by atoms with Crippen LogP contribution in [0.25, 0.3) is 11.0 Å². The summed E-state index contributed by atoms with van der Waals surface area (Å²) in [5.41, 5.74) is 6.20. The summed E-state index contributed by atoms with van der Waals surface area (Å²) < 4.78 is 22.6. The minimum Gasteiger partial charge on any atom is -0.468 e. The quantitative estimate of drug-likeness (QED) is 0.540. The van der Waals surface area contributed by atoms with Crippen LogP contribution in [0, 0.1) is 0 Å². The minimum atomic E-state index is -0.932. The van der Waals surface area contributed by atoms with Gasteiger partial charge in [-0.05, 0) is 51.1 Å². The number of thioether (sulfide) groups is 1. The van der Waals surface area contributed by atoms with Gasteiger partial charge in [0.15, 0.2) is 5.69 Å². The van der Waals surface area contributed by atoms with Gasteiger partial charge in [0.25, 0.3) is 5.91 Å². The molecule has 0 saturated carbocycles. The number of nitrogen functional groups attached to an aromatic ring is 1. The molecule has 4 rings (SSSR count). The summed E-state index contributed by atoms with van der Waals surface area (Å²) in [6.45, 7) is 5.15. The molecule has 0 amide bonds. The highest BCUT2D eigenvalue weighted by Crippen LogP contribution is 2.40. The Hall–Kier alpha value is -3.66. The molecule has 0 spiro atoms. The maximum absolute atomic E-state index is 13.6. The molecule has 2 N–H and O–H groups in total. The van der Waals surface area contributed by atoms with E-state index in [0.717, 1.165) is 16.3 Å². The molecule has 10 heteroatoms. The topological polar surface area (TPSA) is 127 Å². The molecule has 172 valence electrons. The number of fused-ring (bicyclic) bond motifs is 1. The molecule has 1 aliphatic heterocycles. The number of anilines is 1. The van der Waals surface area contributed by atoms with Gasteiger partial charge in [-0.1, -0.05) is 11.8 Å². The second-order valence-corrected chi connectivity index (χ2v) is 8.49. The predicted molar refractivity (Wildman–Crippen MR) is 121 cm³/mol. The van der Waals surface area contributed by atoms with E-state index in [4.69, 9.17) is 24.0 Å². The third-order valence-electron chi connectivity index (χ3n) is 4.77. The molecule has 0 saturated heterocycles. The van der Waals surface area contributed by atoms with Gasteiger partial charge in [-0.2, -0.15) is 0 Å². The van der Waals surface area contributed by atoms with Gasteiger partial charge in [-0.25, -0.2) is 9.59 Å².